The SMILES string of the molecule is C=CC[C@@H](C(=[Se])N(Cc1ccccc1)Cc1ccccc1)[C@@H](O[Si](C)(C)C)C(C)C. The van der Waals surface area contributed by atoms with E-state index < -0.39 is 8.32 Å². The summed E-state index contributed by atoms with van der Waals surface area (Å²) in [6.45, 7) is 17.2. The van der Waals surface area contributed by atoms with Crippen LogP contribution < -0.4 is 0 Å². The molecule has 0 bridgehead atoms. The summed E-state index contributed by atoms with van der Waals surface area (Å²) >= 11 is 3.45. The van der Waals surface area contributed by atoms with Crippen molar-refractivity contribution in [3.8, 4) is 0 Å². The Labute approximate surface area is 192 Å². The summed E-state index contributed by atoms with van der Waals surface area (Å²) in [5, 5.41) is 0. The summed E-state index contributed by atoms with van der Waals surface area (Å²) in [6, 6.07) is 21.4. The zero-order valence-electron chi connectivity index (χ0n) is 19.2. The van der Waals surface area contributed by atoms with E-state index in [0.717, 1.165) is 19.5 Å². The van der Waals surface area contributed by atoms with Gasteiger partial charge in [-0.2, -0.15) is 0 Å². The standard InChI is InChI=1S/C26H37NOSeSi/c1-7-14-24(25(21(2)3)28-30(4,5)6)26(29)27(19-22-15-10-8-11-16-22)20-23-17-12-9-13-18-23/h7-13,15-18,21,24-25H,1,14,19-20H2,2-6H3/t24-,25+/m1/s1. The van der Waals surface area contributed by atoms with Crippen LogP contribution in [0.4, 0.5) is 0 Å². The van der Waals surface area contributed by atoms with Gasteiger partial charge in [-0.25, -0.2) is 0 Å². The second kappa shape index (κ2) is 11.8. The minimum absolute atomic E-state index is 0.167. The van der Waals surface area contributed by atoms with Crippen molar-refractivity contribution in [1.82, 2.24) is 4.90 Å². The van der Waals surface area contributed by atoms with Gasteiger partial charge in [0.2, 0.25) is 0 Å². The first-order chi connectivity index (χ1) is 14.2. The van der Waals surface area contributed by atoms with E-state index in [9.17, 15) is 0 Å². The van der Waals surface area contributed by atoms with Crippen LogP contribution >= 0.6 is 0 Å². The average molecular weight is 487 g/mol. The molecule has 2 nitrogen and oxygen atoms in total. The van der Waals surface area contributed by atoms with Gasteiger partial charge in [-0.05, 0) is 0 Å². The predicted molar refractivity (Wildman–Crippen MR) is 134 cm³/mol. The molecule has 0 fully saturated rings. The molecule has 2 aromatic rings. The van der Waals surface area contributed by atoms with Crippen molar-refractivity contribution in [2.24, 2.45) is 11.8 Å². The fraction of sp³-hybridized carbons (Fsp3) is 0.423. The summed E-state index contributed by atoms with van der Waals surface area (Å²) in [5.41, 5.74) is 2.62. The first-order valence-corrected chi connectivity index (χ1v) is 15.1. The van der Waals surface area contributed by atoms with E-state index in [2.05, 4.69) is 121 Å². The molecule has 0 amide bonds. The maximum absolute atomic E-state index is 6.71. The van der Waals surface area contributed by atoms with Crippen molar-refractivity contribution in [2.75, 3.05) is 0 Å². The zero-order chi connectivity index (χ0) is 22.1. The van der Waals surface area contributed by atoms with E-state index in [-0.39, 0.29) is 12.0 Å². The molecule has 4 heteroatoms. The van der Waals surface area contributed by atoms with Gasteiger partial charge in [0.1, 0.15) is 0 Å². The quantitative estimate of drug-likeness (QED) is 0.267. The van der Waals surface area contributed by atoms with E-state index in [4.69, 9.17) is 4.43 Å². The molecule has 0 radical (unpaired) electrons. The molecule has 0 N–H and O–H groups in total. The monoisotopic (exact) mass is 487 g/mol. The van der Waals surface area contributed by atoms with Gasteiger partial charge in [0.05, 0.1) is 0 Å². The number of nitrogens with zero attached hydrogens (tertiary/aromatic N) is 1. The van der Waals surface area contributed by atoms with Crippen molar-refractivity contribution in [3.05, 3.63) is 84.4 Å². The molecular weight excluding hydrogens is 449 g/mol. The Hall–Kier alpha value is -1.45. The molecule has 162 valence electrons. The molecule has 0 saturated heterocycles. The van der Waals surface area contributed by atoms with Crippen LogP contribution in [0.1, 0.15) is 31.4 Å². The third kappa shape index (κ3) is 8.00. The third-order valence-corrected chi connectivity index (χ3v) is 7.18. The topological polar surface area (TPSA) is 12.5 Å². The van der Waals surface area contributed by atoms with E-state index in [0.29, 0.717) is 5.92 Å². The molecule has 0 saturated carbocycles. The number of allylic oxidation sites excluding steroid dienone is 1. The van der Waals surface area contributed by atoms with Gasteiger partial charge in [-0.1, -0.05) is 0 Å². The predicted octanol–water partition coefficient (Wildman–Crippen LogP) is 6.06. The van der Waals surface area contributed by atoms with Crippen LogP contribution in [0, 0.1) is 11.8 Å². The van der Waals surface area contributed by atoms with Crippen molar-refractivity contribution < 1.29 is 4.43 Å². The molecule has 2 atom stereocenters. The first kappa shape index (κ1) is 24.8. The molecule has 0 unspecified atom stereocenters. The van der Waals surface area contributed by atoms with E-state index in [1.165, 1.54) is 15.7 Å². The Kier molecular flexibility index (Phi) is 9.77. The molecule has 0 aliphatic heterocycles. The Morgan fingerprint density at radius 1 is 0.967 bits per heavy atom. The third-order valence-electron chi connectivity index (χ3n) is 5.03. The fourth-order valence-electron chi connectivity index (χ4n) is 3.70. The molecular formula is C26H37NOSeSi. The summed E-state index contributed by atoms with van der Waals surface area (Å²) in [6.07, 6.45) is 3.10. The van der Waals surface area contributed by atoms with Crippen LogP contribution in [0.15, 0.2) is 73.3 Å². The van der Waals surface area contributed by atoms with E-state index >= 15 is 0 Å². The number of benzene rings is 2. The van der Waals surface area contributed by atoms with E-state index in [1.54, 1.807) is 0 Å². The molecule has 0 aliphatic carbocycles. The van der Waals surface area contributed by atoms with Crippen LogP contribution in [0.25, 0.3) is 0 Å². The van der Waals surface area contributed by atoms with Gasteiger partial charge < -0.3 is 0 Å². The molecule has 0 spiro atoms. The van der Waals surface area contributed by atoms with Crippen LogP contribution in [0.5, 0.6) is 0 Å². The number of hydrogen-bond acceptors (Lipinski definition) is 2. The van der Waals surface area contributed by atoms with Crippen molar-refractivity contribution in [2.45, 2.75) is 59.1 Å². The molecule has 0 aromatic heterocycles. The minimum atomic E-state index is -1.68. The van der Waals surface area contributed by atoms with Gasteiger partial charge in [-0.15, -0.1) is 0 Å². The summed E-state index contributed by atoms with van der Waals surface area (Å²) in [4.78, 5) is 2.47. The Morgan fingerprint density at radius 3 is 1.80 bits per heavy atom. The molecule has 0 aliphatic rings. The van der Waals surface area contributed by atoms with E-state index in [1.807, 2.05) is 6.08 Å². The van der Waals surface area contributed by atoms with Crippen LogP contribution in [-0.2, 0) is 17.5 Å². The normalized spacial score (nSPS) is 13.7. The van der Waals surface area contributed by atoms with Crippen LogP contribution in [0.2, 0.25) is 19.6 Å². The first-order valence-electron chi connectivity index (χ1n) is 10.9. The van der Waals surface area contributed by atoms with Gasteiger partial charge in [0, 0.05) is 0 Å². The molecule has 30 heavy (non-hydrogen) atoms. The van der Waals surface area contributed by atoms with Gasteiger partial charge in [0.25, 0.3) is 0 Å². The van der Waals surface area contributed by atoms with Crippen molar-refractivity contribution in [3.63, 3.8) is 0 Å². The van der Waals surface area contributed by atoms with Crippen LogP contribution in [0.3, 0.4) is 0 Å². The summed E-state index contributed by atoms with van der Waals surface area (Å²) < 4.78 is 7.97. The Bertz CT molecular complexity index is 744. The van der Waals surface area contributed by atoms with Gasteiger partial charge in [0.15, 0.2) is 0 Å². The molecule has 2 aromatic carbocycles. The van der Waals surface area contributed by atoms with Crippen molar-refractivity contribution >= 4 is 28.4 Å². The van der Waals surface area contributed by atoms with Crippen LogP contribution in [-0.4, -0.2) is 39.4 Å². The summed E-state index contributed by atoms with van der Waals surface area (Å²) in [7, 11) is -1.68. The average Bonchev–Trinajstić information content (AvgIpc) is 2.70. The van der Waals surface area contributed by atoms with Gasteiger partial charge in [-0.3, -0.25) is 0 Å². The molecule has 0 heterocycles. The Balaban J connectivity index is 2.36. The molecule has 2 rings (SSSR count). The van der Waals surface area contributed by atoms with Crippen molar-refractivity contribution in [1.29, 1.82) is 0 Å². The second-order valence-corrected chi connectivity index (χ2v) is 14.6. The number of rotatable bonds is 12. The maximum atomic E-state index is 6.71. The number of hydrogen-bond donors (Lipinski definition) is 0. The zero-order valence-corrected chi connectivity index (χ0v) is 21.9. The van der Waals surface area contributed by atoms with Gasteiger partial charge >= 0.3 is 193 Å². The fourth-order valence-corrected chi connectivity index (χ4v) is 5.71. The second-order valence-electron chi connectivity index (χ2n) is 9.24. The summed E-state index contributed by atoms with van der Waals surface area (Å²) in [5.74, 6) is 0.696. The Morgan fingerprint density at radius 2 is 1.43 bits per heavy atom.